The first-order valence-corrected chi connectivity index (χ1v) is 23.4. The second-order valence-electron chi connectivity index (χ2n) is 6.97. The predicted molar refractivity (Wildman–Crippen MR) is 320 cm³/mol. The summed E-state index contributed by atoms with van der Waals surface area (Å²) < 4.78 is 0. The van der Waals surface area contributed by atoms with E-state index in [-0.39, 0.29) is 37.1 Å². The molecule has 0 unspecified atom stereocenters. The Bertz CT molecular complexity index is 871. The van der Waals surface area contributed by atoms with Gasteiger partial charge < -0.3 is 0 Å². The molecule has 0 fully saturated rings. The highest BCUT2D eigenvalue weighted by Crippen LogP contribution is 2.11. The van der Waals surface area contributed by atoms with Crippen LogP contribution < -0.4 is 0 Å². The molecule has 0 atom stereocenters. The van der Waals surface area contributed by atoms with Gasteiger partial charge in [-0.1, -0.05) is 397 Å². The summed E-state index contributed by atoms with van der Waals surface area (Å²) in [6.45, 7) is 48.0. The van der Waals surface area contributed by atoms with E-state index < -0.39 is 0 Å². The summed E-state index contributed by atoms with van der Waals surface area (Å²) in [5.74, 6) is 0. The molecule has 0 radical (unpaired) electrons. The fraction of sp³-hybridized carbons (Fsp3) is 0.460. The normalized spacial score (nSPS) is 5.78. The van der Waals surface area contributed by atoms with Crippen molar-refractivity contribution in [2.24, 2.45) is 0 Å². The van der Waals surface area contributed by atoms with Crippen LogP contribution in [0.2, 0.25) is 0 Å². The van der Waals surface area contributed by atoms with Crippen molar-refractivity contribution in [3.63, 3.8) is 0 Å². The van der Waals surface area contributed by atoms with Gasteiger partial charge in [0.1, 0.15) is 0 Å². The maximum absolute atomic E-state index is 2.12. The molecule has 6 aromatic carbocycles. The third-order valence-corrected chi connectivity index (χ3v) is 4.33. The topological polar surface area (TPSA) is 0 Å². The van der Waals surface area contributed by atoms with Crippen molar-refractivity contribution < 1.29 is 0 Å². The first kappa shape index (κ1) is 107. The van der Waals surface area contributed by atoms with Gasteiger partial charge in [-0.2, -0.15) is 0 Å². The van der Waals surface area contributed by atoms with E-state index >= 15 is 0 Å². The number of hydrogen-bond acceptors (Lipinski definition) is 0. The largest absolute Gasteiger partial charge is 0.0776 e. The quantitative estimate of drug-likeness (QED) is 0.143. The zero-order chi connectivity index (χ0) is 47.8. The summed E-state index contributed by atoms with van der Waals surface area (Å²) in [6, 6.07) is 64.7. The smallest absolute Gasteiger partial charge is 0.0184 e. The van der Waals surface area contributed by atoms with Gasteiger partial charge >= 0.3 is 0 Å². The van der Waals surface area contributed by atoms with Crippen LogP contribution in [0.3, 0.4) is 0 Å². The summed E-state index contributed by atoms with van der Waals surface area (Å²) in [4.78, 5) is 0. The third kappa shape index (κ3) is 126. The van der Waals surface area contributed by atoms with Crippen LogP contribution in [0.5, 0.6) is 0 Å². The lowest BCUT2D eigenvalue weighted by Crippen LogP contribution is -1.67. The van der Waals surface area contributed by atoms with Gasteiger partial charge in [0, 0.05) is 0 Å². The SMILES string of the molecule is C.C.C.C.C.CC.CC.CC.CC.CC.CC.CC.CC.CC.CC.CC.CC.c1ccc2ccccc2c1.c1ccccc1.c1ccccc1.c1ccccc1.c1ccccc1. The zero-order valence-corrected chi connectivity index (χ0v) is 43.5. The molecule has 0 nitrogen and oxygen atoms in total. The highest BCUT2D eigenvalue weighted by atomic mass is 13.9. The first-order valence-electron chi connectivity index (χ1n) is 23.4. The van der Waals surface area contributed by atoms with Crippen LogP contribution in [0.15, 0.2) is 194 Å². The minimum atomic E-state index is 0. The molecule has 0 aromatic heterocycles. The van der Waals surface area contributed by atoms with E-state index in [0.717, 1.165) is 0 Å². The van der Waals surface area contributed by atoms with Gasteiger partial charge in [-0.25, -0.2) is 0 Å². The maximum atomic E-state index is 2.12. The highest BCUT2D eigenvalue weighted by Gasteiger charge is 1.85. The summed E-state index contributed by atoms with van der Waals surface area (Å²) in [7, 11) is 0. The lowest BCUT2D eigenvalue weighted by atomic mass is 10.1. The maximum Gasteiger partial charge on any atom is -0.0184 e. The van der Waals surface area contributed by atoms with Gasteiger partial charge in [0.25, 0.3) is 0 Å². The van der Waals surface area contributed by atoms with Crippen LogP contribution in [0.4, 0.5) is 0 Å². The molecular formula is C63H124. The van der Waals surface area contributed by atoms with Gasteiger partial charge in [-0.3, -0.25) is 0 Å². The molecule has 0 bridgehead atoms. The minimum absolute atomic E-state index is 0. The van der Waals surface area contributed by atoms with E-state index in [1.807, 2.05) is 312 Å². The van der Waals surface area contributed by atoms with Crippen molar-refractivity contribution in [2.75, 3.05) is 0 Å². The second-order valence-corrected chi connectivity index (χ2v) is 6.97. The average molecular weight is 882 g/mol. The molecule has 63 heavy (non-hydrogen) atoms. The van der Waals surface area contributed by atoms with Crippen molar-refractivity contribution in [1.29, 1.82) is 0 Å². The fourth-order valence-electron chi connectivity index (χ4n) is 2.67. The molecule has 0 aliphatic carbocycles. The van der Waals surface area contributed by atoms with Crippen LogP contribution in [-0.2, 0) is 0 Å². The third-order valence-electron chi connectivity index (χ3n) is 4.33. The molecule has 376 valence electrons. The Labute approximate surface area is 406 Å². The molecule has 6 rings (SSSR count). The average Bonchev–Trinajstić information content (AvgIpc) is 3.41. The Kier molecular flexibility index (Phi) is 278. The number of benzene rings is 6. The van der Waals surface area contributed by atoms with Crippen molar-refractivity contribution in [2.45, 2.75) is 203 Å². The number of fused-ring (bicyclic) bond motifs is 1. The van der Waals surface area contributed by atoms with E-state index in [9.17, 15) is 0 Å². The van der Waals surface area contributed by atoms with Crippen molar-refractivity contribution in [3.05, 3.63) is 194 Å². The monoisotopic (exact) mass is 881 g/mol. The molecule has 0 heteroatoms. The molecule has 0 saturated heterocycles. The van der Waals surface area contributed by atoms with Crippen LogP contribution in [0.1, 0.15) is 203 Å². The van der Waals surface area contributed by atoms with Crippen LogP contribution in [0, 0.1) is 0 Å². The zero-order valence-electron chi connectivity index (χ0n) is 43.5. The Balaban J connectivity index is -0.0000000277. The molecule has 6 aromatic rings. The Morgan fingerprint density at radius 1 is 0.127 bits per heavy atom. The minimum Gasteiger partial charge on any atom is -0.0776 e. The molecular weight excluding hydrogens is 757 g/mol. The second kappa shape index (κ2) is 163. The van der Waals surface area contributed by atoms with Crippen LogP contribution >= 0.6 is 0 Å². The predicted octanol–water partition coefficient (Wildman–Crippen LogP) is 25.1. The van der Waals surface area contributed by atoms with Gasteiger partial charge in [-0.05, 0) is 10.8 Å². The van der Waals surface area contributed by atoms with Gasteiger partial charge in [0.05, 0.1) is 0 Å². The number of hydrogen-bond donors (Lipinski definition) is 0. The Morgan fingerprint density at radius 2 is 0.190 bits per heavy atom. The standard InChI is InChI=1S/C10H8.4C6H6.12C2H6.5CH4/c1-2-6-10-8-4-3-7-9(10)5-1;4*1-2-4-6-5-3-1;12*1-2;;;;;/h1-8H;4*1-6H;12*1-2H3;5*1H4. The molecule has 0 aliphatic rings. The lowest BCUT2D eigenvalue weighted by molar-refractivity contribution is 1.50. The van der Waals surface area contributed by atoms with Gasteiger partial charge in [-0.15, -0.1) is 0 Å². The molecule has 0 spiro atoms. The molecule has 0 aliphatic heterocycles. The van der Waals surface area contributed by atoms with Crippen LogP contribution in [-0.4, -0.2) is 0 Å². The van der Waals surface area contributed by atoms with Crippen molar-refractivity contribution in [1.82, 2.24) is 0 Å². The Morgan fingerprint density at radius 3 is 0.254 bits per heavy atom. The first-order chi connectivity index (χ1) is 29.0. The van der Waals surface area contributed by atoms with E-state index in [1.54, 1.807) is 0 Å². The van der Waals surface area contributed by atoms with Gasteiger partial charge in [0.2, 0.25) is 0 Å². The van der Waals surface area contributed by atoms with E-state index in [2.05, 4.69) is 48.5 Å². The summed E-state index contributed by atoms with van der Waals surface area (Å²) in [6.07, 6.45) is 0. The summed E-state index contributed by atoms with van der Waals surface area (Å²) in [5.41, 5.74) is 0. The molecule has 0 heterocycles. The van der Waals surface area contributed by atoms with E-state index in [0.29, 0.717) is 0 Å². The number of rotatable bonds is 0. The van der Waals surface area contributed by atoms with E-state index in [1.165, 1.54) is 10.8 Å². The van der Waals surface area contributed by atoms with E-state index in [4.69, 9.17) is 0 Å². The lowest BCUT2D eigenvalue weighted by Gasteiger charge is -1.92. The van der Waals surface area contributed by atoms with Crippen molar-refractivity contribution in [3.8, 4) is 0 Å². The Hall–Kier alpha value is -4.42. The van der Waals surface area contributed by atoms with Crippen molar-refractivity contribution >= 4 is 10.8 Å². The molecule has 0 saturated carbocycles. The molecule has 0 amide bonds. The highest BCUT2D eigenvalue weighted by molar-refractivity contribution is 5.82. The molecule has 0 N–H and O–H groups in total. The van der Waals surface area contributed by atoms with Crippen LogP contribution in [0.25, 0.3) is 10.8 Å². The van der Waals surface area contributed by atoms with Gasteiger partial charge in [0.15, 0.2) is 0 Å². The summed E-state index contributed by atoms with van der Waals surface area (Å²) >= 11 is 0. The summed E-state index contributed by atoms with van der Waals surface area (Å²) in [5, 5.41) is 2.62. The fourth-order valence-corrected chi connectivity index (χ4v) is 2.67.